The third-order valence-corrected chi connectivity index (χ3v) is 6.00. The minimum atomic E-state index is -0.450. The summed E-state index contributed by atoms with van der Waals surface area (Å²) in [5.41, 5.74) is 7.08. The van der Waals surface area contributed by atoms with Gasteiger partial charge < -0.3 is 14.4 Å². The van der Waals surface area contributed by atoms with Gasteiger partial charge in [-0.05, 0) is 42.7 Å². The maximum absolute atomic E-state index is 13.5. The van der Waals surface area contributed by atoms with Gasteiger partial charge in [0.15, 0.2) is 0 Å². The zero-order valence-corrected chi connectivity index (χ0v) is 20.5. The van der Waals surface area contributed by atoms with Gasteiger partial charge in [0.2, 0.25) is 5.91 Å². The normalized spacial score (nSPS) is 15.1. The van der Waals surface area contributed by atoms with Crippen molar-refractivity contribution in [3.8, 4) is 5.75 Å². The van der Waals surface area contributed by atoms with Gasteiger partial charge in [-0.1, -0.05) is 29.8 Å². The molecule has 0 bridgehead atoms. The molecular weight excluding hydrogens is 488 g/mol. The molecule has 10 nitrogen and oxygen atoms in total. The van der Waals surface area contributed by atoms with Crippen molar-refractivity contribution in [2.75, 3.05) is 31.2 Å². The molecular formula is C25H27ClN4O6. The topological polar surface area (TPSA) is 117 Å². The van der Waals surface area contributed by atoms with E-state index in [1.807, 2.05) is 12.1 Å². The molecule has 1 aliphatic heterocycles. The summed E-state index contributed by atoms with van der Waals surface area (Å²) in [5.74, 6) is -1.12. The van der Waals surface area contributed by atoms with E-state index in [0.717, 1.165) is 18.4 Å². The van der Waals surface area contributed by atoms with E-state index in [1.165, 1.54) is 28.9 Å². The van der Waals surface area contributed by atoms with E-state index in [-0.39, 0.29) is 61.3 Å². The van der Waals surface area contributed by atoms with E-state index in [1.54, 1.807) is 18.2 Å². The zero-order chi connectivity index (χ0) is 25.7. The van der Waals surface area contributed by atoms with Crippen LogP contribution >= 0.6 is 11.6 Å². The van der Waals surface area contributed by atoms with Crippen LogP contribution in [0.3, 0.4) is 0 Å². The summed E-state index contributed by atoms with van der Waals surface area (Å²) in [6.45, 7) is 1.36. The van der Waals surface area contributed by atoms with Crippen LogP contribution in [-0.2, 0) is 25.7 Å². The average molecular weight is 515 g/mol. The third kappa shape index (κ3) is 6.52. The Balaban J connectivity index is 1.48. The maximum atomic E-state index is 13.5. The number of hydrogen-bond donors (Lipinski definition) is 2. The molecule has 1 heterocycles. The Hall–Kier alpha value is -3.63. The Morgan fingerprint density at radius 2 is 1.86 bits per heavy atom. The second-order valence-electron chi connectivity index (χ2n) is 8.57. The van der Waals surface area contributed by atoms with Crippen LogP contribution in [0.4, 0.5) is 5.69 Å². The minimum Gasteiger partial charge on any atom is -0.490 e. The molecule has 1 fully saturated rings. The first-order chi connectivity index (χ1) is 17.3. The van der Waals surface area contributed by atoms with Gasteiger partial charge in [-0.2, -0.15) is 0 Å². The number of anilines is 1. The van der Waals surface area contributed by atoms with Gasteiger partial charge in [-0.25, -0.2) is 5.43 Å². The standard InChI is InChI=1S/C25H27ClN4O6/c1-16(31)35-10-11-36-19-8-9-20(21(26)12-19)25(34)30-15-24(33)29(13-17-4-2-3-5-22(17)30)14-23(32)28-27-18-6-7-18/h2-5,8-9,12,18,27H,6-7,10-11,13-15H2,1H3,(H,28,32). The molecule has 0 aromatic heterocycles. The summed E-state index contributed by atoms with van der Waals surface area (Å²) < 4.78 is 10.3. The Bertz CT molecular complexity index is 1170. The number of fused-ring (bicyclic) bond motifs is 1. The number of nitrogens with one attached hydrogen (secondary N) is 2. The van der Waals surface area contributed by atoms with Crippen LogP contribution in [0.1, 0.15) is 35.7 Å². The van der Waals surface area contributed by atoms with Crippen molar-refractivity contribution in [3.63, 3.8) is 0 Å². The number of carbonyl (C=O) groups is 4. The van der Waals surface area contributed by atoms with E-state index < -0.39 is 11.9 Å². The van der Waals surface area contributed by atoms with Gasteiger partial charge in [0.05, 0.1) is 10.6 Å². The number of esters is 1. The molecule has 0 atom stereocenters. The average Bonchev–Trinajstić information content (AvgIpc) is 3.69. The number of nitrogens with zero attached hydrogens (tertiary/aromatic N) is 2. The van der Waals surface area contributed by atoms with Crippen LogP contribution in [0, 0.1) is 0 Å². The van der Waals surface area contributed by atoms with Crippen molar-refractivity contribution in [1.29, 1.82) is 0 Å². The van der Waals surface area contributed by atoms with Gasteiger partial charge in [0.1, 0.15) is 32.1 Å². The highest BCUT2D eigenvalue weighted by Crippen LogP contribution is 2.30. The molecule has 190 valence electrons. The van der Waals surface area contributed by atoms with Gasteiger partial charge in [-0.15, -0.1) is 0 Å². The maximum Gasteiger partial charge on any atom is 0.302 e. The molecule has 2 aromatic rings. The third-order valence-electron chi connectivity index (χ3n) is 5.69. The van der Waals surface area contributed by atoms with Crippen LogP contribution in [0.15, 0.2) is 42.5 Å². The number of ether oxygens (including phenoxy) is 2. The van der Waals surface area contributed by atoms with Gasteiger partial charge in [0.25, 0.3) is 11.8 Å². The van der Waals surface area contributed by atoms with Gasteiger partial charge >= 0.3 is 5.97 Å². The second kappa shape index (κ2) is 11.4. The number of halogens is 1. The number of benzene rings is 2. The molecule has 0 spiro atoms. The summed E-state index contributed by atoms with van der Waals surface area (Å²) >= 11 is 6.41. The second-order valence-corrected chi connectivity index (χ2v) is 8.97. The molecule has 0 unspecified atom stereocenters. The first kappa shape index (κ1) is 25.5. The fourth-order valence-electron chi connectivity index (χ4n) is 3.72. The molecule has 2 N–H and O–H groups in total. The first-order valence-electron chi connectivity index (χ1n) is 11.6. The highest BCUT2D eigenvalue weighted by Gasteiger charge is 2.31. The molecule has 1 aliphatic carbocycles. The van der Waals surface area contributed by atoms with Crippen LogP contribution < -0.4 is 20.5 Å². The molecule has 4 rings (SSSR count). The largest absolute Gasteiger partial charge is 0.490 e. The molecule has 3 amide bonds. The summed E-state index contributed by atoms with van der Waals surface area (Å²) in [6.07, 6.45) is 2.02. The lowest BCUT2D eigenvalue weighted by Gasteiger charge is -2.23. The smallest absolute Gasteiger partial charge is 0.302 e. The molecule has 0 saturated heterocycles. The summed E-state index contributed by atoms with van der Waals surface area (Å²) in [5, 5.41) is 0.154. The number of rotatable bonds is 9. The van der Waals surface area contributed by atoms with Crippen molar-refractivity contribution in [3.05, 3.63) is 58.6 Å². The lowest BCUT2D eigenvalue weighted by molar-refractivity contribution is -0.141. The Morgan fingerprint density at radius 1 is 1.08 bits per heavy atom. The van der Waals surface area contributed by atoms with E-state index in [2.05, 4.69) is 10.9 Å². The first-order valence-corrected chi connectivity index (χ1v) is 12.0. The van der Waals surface area contributed by atoms with Crippen LogP contribution in [0.5, 0.6) is 5.75 Å². The van der Waals surface area contributed by atoms with E-state index in [0.29, 0.717) is 11.4 Å². The highest BCUT2D eigenvalue weighted by atomic mass is 35.5. The Labute approximate surface area is 213 Å². The monoisotopic (exact) mass is 514 g/mol. The summed E-state index contributed by atoms with van der Waals surface area (Å²) in [6, 6.07) is 12.1. The van der Waals surface area contributed by atoms with Gasteiger partial charge in [-0.3, -0.25) is 29.5 Å². The number of carbonyl (C=O) groups excluding carboxylic acids is 4. The van der Waals surface area contributed by atoms with E-state index in [9.17, 15) is 19.2 Å². The predicted octanol–water partition coefficient (Wildman–Crippen LogP) is 2.05. The summed E-state index contributed by atoms with van der Waals surface area (Å²) in [7, 11) is 0. The van der Waals surface area contributed by atoms with E-state index >= 15 is 0 Å². The Kier molecular flexibility index (Phi) is 8.07. The molecule has 0 radical (unpaired) electrons. The summed E-state index contributed by atoms with van der Waals surface area (Å²) in [4.78, 5) is 52.6. The van der Waals surface area contributed by atoms with Crippen molar-refractivity contribution in [1.82, 2.24) is 15.8 Å². The highest BCUT2D eigenvalue weighted by molar-refractivity contribution is 6.34. The van der Waals surface area contributed by atoms with E-state index in [4.69, 9.17) is 21.1 Å². The van der Waals surface area contributed by atoms with Crippen molar-refractivity contribution in [2.24, 2.45) is 0 Å². The quantitative estimate of drug-likeness (QED) is 0.299. The van der Waals surface area contributed by atoms with Crippen LogP contribution in [-0.4, -0.2) is 60.9 Å². The predicted molar refractivity (Wildman–Crippen MR) is 131 cm³/mol. The lowest BCUT2D eigenvalue weighted by Crippen LogP contribution is -2.47. The SMILES string of the molecule is CC(=O)OCCOc1ccc(C(=O)N2CC(=O)N(CC(=O)NNC3CC3)Cc3ccccc32)c(Cl)c1. The van der Waals surface area contributed by atoms with Crippen molar-refractivity contribution < 1.29 is 28.7 Å². The molecule has 2 aromatic carbocycles. The number of amides is 3. The lowest BCUT2D eigenvalue weighted by atomic mass is 10.1. The molecule has 11 heteroatoms. The number of hydrogen-bond acceptors (Lipinski definition) is 7. The zero-order valence-electron chi connectivity index (χ0n) is 19.8. The number of para-hydroxylation sites is 1. The molecule has 1 saturated carbocycles. The van der Waals surface area contributed by atoms with Crippen molar-refractivity contribution in [2.45, 2.75) is 32.4 Å². The van der Waals surface area contributed by atoms with Crippen LogP contribution in [0.25, 0.3) is 0 Å². The van der Waals surface area contributed by atoms with Gasteiger partial charge in [0, 0.05) is 25.2 Å². The molecule has 36 heavy (non-hydrogen) atoms. The number of hydrazine groups is 1. The minimum absolute atomic E-state index is 0.0888. The fraction of sp³-hybridized carbons (Fsp3) is 0.360. The molecule has 2 aliphatic rings. The Morgan fingerprint density at radius 3 is 2.58 bits per heavy atom. The van der Waals surface area contributed by atoms with Crippen molar-refractivity contribution >= 4 is 41.0 Å². The van der Waals surface area contributed by atoms with Crippen LogP contribution in [0.2, 0.25) is 5.02 Å². The fourth-order valence-corrected chi connectivity index (χ4v) is 3.97.